The van der Waals surface area contributed by atoms with Crippen LogP contribution in [0.3, 0.4) is 0 Å². The van der Waals surface area contributed by atoms with Crippen LogP contribution >= 0.6 is 39.3 Å². The van der Waals surface area contributed by atoms with Gasteiger partial charge in [0.15, 0.2) is 0 Å². The van der Waals surface area contributed by atoms with Gasteiger partial charge in [-0.05, 0) is 48.9 Å². The lowest BCUT2D eigenvalue weighted by Gasteiger charge is -2.10. The fourth-order valence-electron chi connectivity index (χ4n) is 1.58. The summed E-state index contributed by atoms with van der Waals surface area (Å²) >= 11 is 11.3. The predicted octanol–water partition coefficient (Wildman–Crippen LogP) is 5.27. The molecule has 0 aliphatic rings. The summed E-state index contributed by atoms with van der Waals surface area (Å²) in [5, 5.41) is 0.729. The third-order valence-corrected chi connectivity index (χ3v) is 4.37. The number of benzene rings is 2. The van der Waals surface area contributed by atoms with Gasteiger partial charge in [0.2, 0.25) is 0 Å². The smallest absolute Gasteiger partial charge is 0.0464 e. The molecule has 0 aliphatic heterocycles. The van der Waals surface area contributed by atoms with E-state index in [4.69, 9.17) is 17.3 Å². The maximum Gasteiger partial charge on any atom is 0.0464 e. The van der Waals surface area contributed by atoms with E-state index >= 15 is 0 Å². The lowest BCUT2D eigenvalue weighted by molar-refractivity contribution is 0.817. The van der Waals surface area contributed by atoms with Gasteiger partial charge >= 0.3 is 0 Å². The molecule has 4 heteroatoms. The Morgan fingerprint density at radius 2 is 1.72 bits per heavy atom. The highest BCUT2D eigenvalue weighted by molar-refractivity contribution is 9.10. The summed E-state index contributed by atoms with van der Waals surface area (Å²) in [5.41, 5.74) is 6.82. The maximum absolute atomic E-state index is 6.22. The van der Waals surface area contributed by atoms with E-state index in [1.54, 1.807) is 11.8 Å². The van der Waals surface area contributed by atoms with Gasteiger partial charge in [-0.1, -0.05) is 45.4 Å². The second kappa shape index (κ2) is 6.11. The zero-order valence-corrected chi connectivity index (χ0v) is 13.0. The molecule has 1 nitrogen and oxygen atoms in total. The predicted molar refractivity (Wildman–Crippen MR) is 82.3 cm³/mol. The van der Waals surface area contributed by atoms with Gasteiger partial charge in [-0.3, -0.25) is 0 Å². The van der Waals surface area contributed by atoms with Crippen molar-refractivity contribution in [3.05, 3.63) is 57.5 Å². The topological polar surface area (TPSA) is 26.0 Å². The first-order valence-electron chi connectivity index (χ1n) is 5.54. The summed E-state index contributed by atoms with van der Waals surface area (Å²) in [5.74, 6) is 0. The highest BCUT2D eigenvalue weighted by atomic mass is 79.9. The first-order chi connectivity index (χ1) is 8.56. The number of nitrogens with two attached hydrogens (primary N) is 1. The van der Waals surface area contributed by atoms with Crippen molar-refractivity contribution in [3.8, 4) is 0 Å². The van der Waals surface area contributed by atoms with E-state index in [0.717, 1.165) is 20.0 Å². The van der Waals surface area contributed by atoms with E-state index < -0.39 is 0 Å². The molecule has 0 spiro atoms. The van der Waals surface area contributed by atoms with Crippen molar-refractivity contribution in [3.63, 3.8) is 0 Å². The molecule has 18 heavy (non-hydrogen) atoms. The Balaban J connectivity index is 2.20. The molecule has 0 heterocycles. The van der Waals surface area contributed by atoms with Gasteiger partial charge in [0.1, 0.15) is 0 Å². The van der Waals surface area contributed by atoms with Crippen molar-refractivity contribution in [1.82, 2.24) is 0 Å². The molecule has 0 bridgehead atoms. The summed E-state index contributed by atoms with van der Waals surface area (Å²) < 4.78 is 1.08. The average molecular weight is 343 g/mol. The fourth-order valence-corrected chi connectivity index (χ4v) is 3.12. The summed E-state index contributed by atoms with van der Waals surface area (Å²) in [6.45, 7) is 1.93. The van der Waals surface area contributed by atoms with Crippen LogP contribution in [0.5, 0.6) is 0 Å². The van der Waals surface area contributed by atoms with Crippen LogP contribution in [-0.4, -0.2) is 0 Å². The van der Waals surface area contributed by atoms with Crippen LogP contribution in [0.25, 0.3) is 0 Å². The zero-order chi connectivity index (χ0) is 13.1. The Morgan fingerprint density at radius 1 is 1.11 bits per heavy atom. The van der Waals surface area contributed by atoms with Crippen LogP contribution in [-0.2, 0) is 0 Å². The third kappa shape index (κ3) is 3.51. The molecule has 0 fully saturated rings. The van der Waals surface area contributed by atoms with Crippen molar-refractivity contribution in [2.45, 2.75) is 22.8 Å². The lowest BCUT2D eigenvalue weighted by Crippen LogP contribution is -2.05. The van der Waals surface area contributed by atoms with E-state index in [1.807, 2.05) is 31.2 Å². The highest BCUT2D eigenvalue weighted by Gasteiger charge is 2.06. The molecule has 0 saturated heterocycles. The van der Waals surface area contributed by atoms with Crippen molar-refractivity contribution < 1.29 is 0 Å². The van der Waals surface area contributed by atoms with Crippen molar-refractivity contribution in [2.75, 3.05) is 0 Å². The highest BCUT2D eigenvalue weighted by Crippen LogP contribution is 2.32. The first kappa shape index (κ1) is 13.9. The van der Waals surface area contributed by atoms with E-state index in [0.29, 0.717) is 0 Å². The number of hydrogen-bond acceptors (Lipinski definition) is 2. The Kier molecular flexibility index (Phi) is 4.73. The summed E-state index contributed by atoms with van der Waals surface area (Å²) in [6, 6.07) is 14.2. The monoisotopic (exact) mass is 341 g/mol. The van der Waals surface area contributed by atoms with Gasteiger partial charge in [-0.25, -0.2) is 0 Å². The minimum atomic E-state index is -0.0377. The molecule has 94 valence electrons. The quantitative estimate of drug-likeness (QED) is 0.822. The Labute approximate surface area is 125 Å². The third-order valence-electron chi connectivity index (χ3n) is 2.51. The molecule has 1 atom stereocenters. The largest absolute Gasteiger partial charge is 0.324 e. The van der Waals surface area contributed by atoms with Crippen LogP contribution in [0.2, 0.25) is 5.02 Å². The van der Waals surface area contributed by atoms with E-state index in [1.165, 1.54) is 4.90 Å². The minimum absolute atomic E-state index is 0.0377. The number of rotatable bonds is 3. The van der Waals surface area contributed by atoms with E-state index in [2.05, 4.69) is 34.1 Å². The Hall–Kier alpha value is -0.480. The molecular formula is C14H13BrClNS. The van der Waals surface area contributed by atoms with Crippen molar-refractivity contribution in [2.24, 2.45) is 5.73 Å². The Morgan fingerprint density at radius 3 is 2.28 bits per heavy atom. The van der Waals surface area contributed by atoms with Crippen molar-refractivity contribution in [1.29, 1.82) is 0 Å². The molecule has 0 saturated carbocycles. The molecule has 1 unspecified atom stereocenters. The van der Waals surface area contributed by atoms with E-state index in [-0.39, 0.29) is 6.04 Å². The maximum atomic E-state index is 6.22. The SMILES string of the molecule is CC(N)c1ccc(Sc2ccc(Br)cc2)cc1Cl. The number of halogens is 2. The van der Waals surface area contributed by atoms with Crippen LogP contribution < -0.4 is 5.73 Å². The normalized spacial score (nSPS) is 12.4. The molecule has 0 aliphatic carbocycles. The Bertz CT molecular complexity index is 540. The number of hydrogen-bond donors (Lipinski definition) is 1. The molecule has 2 rings (SSSR count). The van der Waals surface area contributed by atoms with Gasteiger partial charge in [0.25, 0.3) is 0 Å². The van der Waals surface area contributed by atoms with Crippen LogP contribution in [0.4, 0.5) is 0 Å². The molecule has 2 aromatic carbocycles. The van der Waals surface area contributed by atoms with E-state index in [9.17, 15) is 0 Å². The second-order valence-corrected chi connectivity index (χ2v) is 6.50. The molecule has 2 N–H and O–H groups in total. The first-order valence-corrected chi connectivity index (χ1v) is 7.53. The van der Waals surface area contributed by atoms with Crippen LogP contribution in [0, 0.1) is 0 Å². The molecule has 0 radical (unpaired) electrons. The van der Waals surface area contributed by atoms with Gasteiger partial charge in [-0.15, -0.1) is 0 Å². The zero-order valence-electron chi connectivity index (χ0n) is 9.86. The molecule has 0 amide bonds. The van der Waals surface area contributed by atoms with Crippen LogP contribution in [0.15, 0.2) is 56.7 Å². The second-order valence-electron chi connectivity index (χ2n) is 4.03. The average Bonchev–Trinajstić information content (AvgIpc) is 2.32. The van der Waals surface area contributed by atoms with Gasteiger partial charge in [0, 0.05) is 25.3 Å². The van der Waals surface area contributed by atoms with Gasteiger partial charge in [-0.2, -0.15) is 0 Å². The van der Waals surface area contributed by atoms with Gasteiger partial charge in [0.05, 0.1) is 0 Å². The summed E-state index contributed by atoms with van der Waals surface area (Å²) in [4.78, 5) is 2.30. The standard InChI is InChI=1S/C14H13BrClNS/c1-9(17)13-7-6-12(8-14(13)16)18-11-4-2-10(15)3-5-11/h2-9H,17H2,1H3. The summed E-state index contributed by atoms with van der Waals surface area (Å²) in [6.07, 6.45) is 0. The molecule has 2 aromatic rings. The van der Waals surface area contributed by atoms with Crippen LogP contribution in [0.1, 0.15) is 18.5 Å². The molecular weight excluding hydrogens is 330 g/mol. The van der Waals surface area contributed by atoms with Crippen molar-refractivity contribution >= 4 is 39.3 Å². The fraction of sp³-hybridized carbons (Fsp3) is 0.143. The lowest BCUT2D eigenvalue weighted by atomic mass is 10.1. The van der Waals surface area contributed by atoms with Gasteiger partial charge < -0.3 is 5.73 Å². The minimum Gasteiger partial charge on any atom is -0.324 e. The summed E-state index contributed by atoms with van der Waals surface area (Å²) in [7, 11) is 0. The molecule has 0 aromatic heterocycles.